The van der Waals surface area contributed by atoms with Crippen LogP contribution < -0.4 is 9.47 Å². The first-order chi connectivity index (χ1) is 19.4. The SMILES string of the molecule is COc1ccc2c3c1O[C@H]1[C@H](N(C)C(=O)C#Cc4ccc(C(F)(F)F)cc4)CC[C@@]4(OC(C)=O)[C@@H](C2)N(C)CC[C@]314. The quantitative estimate of drug-likeness (QED) is 0.413. The fourth-order valence-electron chi connectivity index (χ4n) is 7.81. The lowest BCUT2D eigenvalue weighted by atomic mass is 9.48. The second kappa shape index (κ2) is 9.41. The van der Waals surface area contributed by atoms with E-state index in [9.17, 15) is 22.8 Å². The fraction of sp³-hybridized carbons (Fsp3) is 0.484. The Morgan fingerprint density at radius 3 is 2.54 bits per heavy atom. The van der Waals surface area contributed by atoms with Gasteiger partial charge in [0, 0.05) is 31.0 Å². The van der Waals surface area contributed by atoms with Crippen molar-refractivity contribution in [2.24, 2.45) is 0 Å². The van der Waals surface area contributed by atoms with Crippen molar-refractivity contribution in [3.8, 4) is 23.3 Å². The molecular weight excluding hydrogens is 537 g/mol. The highest BCUT2D eigenvalue weighted by Crippen LogP contribution is 2.67. The van der Waals surface area contributed by atoms with Gasteiger partial charge >= 0.3 is 12.1 Å². The molecule has 0 N–H and O–H groups in total. The summed E-state index contributed by atoms with van der Waals surface area (Å²) >= 11 is 0. The minimum absolute atomic E-state index is 0.0560. The number of hydrogen-bond acceptors (Lipinski definition) is 6. The van der Waals surface area contributed by atoms with Crippen LogP contribution in [0.5, 0.6) is 11.5 Å². The smallest absolute Gasteiger partial charge is 0.416 e. The van der Waals surface area contributed by atoms with Gasteiger partial charge in [0.2, 0.25) is 0 Å². The largest absolute Gasteiger partial charge is 0.493 e. The molecule has 0 unspecified atom stereocenters. The first-order valence-electron chi connectivity index (χ1n) is 13.7. The topological polar surface area (TPSA) is 68.3 Å². The summed E-state index contributed by atoms with van der Waals surface area (Å²) in [4.78, 5) is 29.8. The van der Waals surface area contributed by atoms with Crippen LogP contribution >= 0.6 is 0 Å². The van der Waals surface area contributed by atoms with Crippen LogP contribution in [-0.2, 0) is 32.3 Å². The lowest BCUT2D eigenvalue weighted by Gasteiger charge is -2.65. The molecule has 2 bridgehead atoms. The predicted molar refractivity (Wildman–Crippen MR) is 142 cm³/mol. The van der Waals surface area contributed by atoms with Crippen molar-refractivity contribution in [3.63, 3.8) is 0 Å². The molecule has 2 fully saturated rings. The molecule has 5 atom stereocenters. The number of likely N-dealkylation sites (tertiary alicyclic amines) is 1. The molecule has 2 aliphatic carbocycles. The van der Waals surface area contributed by atoms with Crippen molar-refractivity contribution in [2.75, 3.05) is 27.7 Å². The molecule has 1 saturated heterocycles. The third kappa shape index (κ3) is 3.92. The zero-order chi connectivity index (χ0) is 29.3. The Morgan fingerprint density at radius 2 is 1.88 bits per heavy atom. The molecule has 2 heterocycles. The van der Waals surface area contributed by atoms with E-state index in [2.05, 4.69) is 29.9 Å². The number of likely N-dealkylation sites (N-methyl/N-ethyl adjacent to an activating group) is 2. The molecule has 1 spiro atoms. The molecule has 2 aromatic carbocycles. The number of alkyl halides is 3. The van der Waals surface area contributed by atoms with Gasteiger partial charge in [-0.15, -0.1) is 0 Å². The van der Waals surface area contributed by atoms with Crippen molar-refractivity contribution in [2.45, 2.75) is 68.0 Å². The van der Waals surface area contributed by atoms with Crippen LogP contribution in [-0.4, -0.2) is 73.2 Å². The average molecular weight is 569 g/mol. The number of amides is 1. The van der Waals surface area contributed by atoms with E-state index in [1.165, 1.54) is 19.1 Å². The maximum Gasteiger partial charge on any atom is 0.416 e. The van der Waals surface area contributed by atoms with Gasteiger partial charge in [-0.05, 0) is 75.2 Å². The predicted octanol–water partition coefficient (Wildman–Crippen LogP) is 3.95. The number of carbonyl (C=O) groups excluding carboxylic acids is 2. The van der Waals surface area contributed by atoms with Crippen LogP contribution in [0.15, 0.2) is 36.4 Å². The van der Waals surface area contributed by atoms with Gasteiger partial charge in [-0.3, -0.25) is 14.5 Å². The van der Waals surface area contributed by atoms with Crippen LogP contribution in [0.2, 0.25) is 0 Å². The number of ether oxygens (including phenoxy) is 3. The maximum atomic E-state index is 13.4. The van der Waals surface area contributed by atoms with Gasteiger partial charge in [0.1, 0.15) is 11.7 Å². The Morgan fingerprint density at radius 1 is 1.15 bits per heavy atom. The third-order valence-corrected chi connectivity index (χ3v) is 9.53. The van der Waals surface area contributed by atoms with Crippen LogP contribution in [0, 0.1) is 11.8 Å². The molecule has 1 saturated carbocycles. The summed E-state index contributed by atoms with van der Waals surface area (Å²) in [7, 11) is 5.32. The van der Waals surface area contributed by atoms with E-state index >= 15 is 0 Å². The van der Waals surface area contributed by atoms with Crippen molar-refractivity contribution >= 4 is 11.9 Å². The molecule has 6 rings (SSSR count). The summed E-state index contributed by atoms with van der Waals surface area (Å²) in [5.41, 5.74) is 0.133. The monoisotopic (exact) mass is 568 g/mol. The standard InChI is InChI=1S/C31H31F3N2O5/c1-18(37)41-30-14-13-22(36(3)25(38)12-7-19-5-9-21(10-6-19)31(32,33)34)28-29(30)15-16-35(2)24(30)17-20-8-11-23(39-4)27(40-28)26(20)29/h5-6,8-11,22,24,28H,13-17H2,1-4H3/t22-,24-,28+,29+,30-/m1/s1. The van der Waals surface area contributed by atoms with E-state index < -0.39 is 34.8 Å². The highest BCUT2D eigenvalue weighted by Gasteiger charge is 2.75. The van der Waals surface area contributed by atoms with Gasteiger partial charge in [-0.1, -0.05) is 12.0 Å². The van der Waals surface area contributed by atoms with Crippen LogP contribution in [0.1, 0.15) is 48.4 Å². The molecule has 2 aliphatic heterocycles. The molecule has 2 aromatic rings. The number of nitrogens with zero attached hydrogens (tertiary/aromatic N) is 2. The minimum atomic E-state index is -4.45. The summed E-state index contributed by atoms with van der Waals surface area (Å²) in [5, 5.41) is 0. The Labute approximate surface area is 236 Å². The summed E-state index contributed by atoms with van der Waals surface area (Å²) in [6.45, 7) is 2.20. The normalized spacial score (nSPS) is 29.4. The van der Waals surface area contributed by atoms with Gasteiger partial charge in [0.05, 0.1) is 30.2 Å². The first-order valence-corrected chi connectivity index (χ1v) is 13.7. The average Bonchev–Trinajstić information content (AvgIpc) is 3.28. The molecule has 1 amide bonds. The van der Waals surface area contributed by atoms with E-state index in [1.54, 1.807) is 19.1 Å². The third-order valence-electron chi connectivity index (χ3n) is 9.53. The van der Waals surface area contributed by atoms with Crippen molar-refractivity contribution < 1.29 is 37.0 Å². The summed E-state index contributed by atoms with van der Waals surface area (Å²) in [5.74, 6) is 5.71. The molecule has 41 heavy (non-hydrogen) atoms. The number of halogens is 3. The molecule has 216 valence electrons. The number of esters is 1. The van der Waals surface area contributed by atoms with Crippen LogP contribution in [0.25, 0.3) is 0 Å². The minimum Gasteiger partial charge on any atom is -0.493 e. The van der Waals surface area contributed by atoms with Gasteiger partial charge in [-0.25, -0.2) is 0 Å². The van der Waals surface area contributed by atoms with E-state index in [0.29, 0.717) is 42.7 Å². The number of piperidine rings is 1. The molecule has 4 aliphatic rings. The van der Waals surface area contributed by atoms with E-state index in [-0.39, 0.29) is 18.1 Å². The summed E-state index contributed by atoms with van der Waals surface area (Å²) in [6.07, 6.45) is -2.55. The molecule has 7 nitrogen and oxygen atoms in total. The summed E-state index contributed by atoms with van der Waals surface area (Å²) < 4.78 is 57.5. The highest BCUT2D eigenvalue weighted by atomic mass is 19.4. The van der Waals surface area contributed by atoms with E-state index in [1.807, 2.05) is 6.07 Å². The van der Waals surface area contributed by atoms with Crippen LogP contribution in [0.3, 0.4) is 0 Å². The Kier molecular flexibility index (Phi) is 6.30. The molecule has 0 aromatic heterocycles. The van der Waals surface area contributed by atoms with Crippen molar-refractivity contribution in [3.05, 3.63) is 58.7 Å². The maximum absolute atomic E-state index is 13.4. The second-order valence-electron chi connectivity index (χ2n) is 11.4. The van der Waals surface area contributed by atoms with Gasteiger partial charge in [-0.2, -0.15) is 13.2 Å². The lowest BCUT2D eigenvalue weighted by molar-refractivity contribution is -0.220. The van der Waals surface area contributed by atoms with E-state index in [4.69, 9.17) is 14.2 Å². The Bertz CT molecular complexity index is 1480. The van der Waals surface area contributed by atoms with Gasteiger partial charge in [0.15, 0.2) is 11.5 Å². The van der Waals surface area contributed by atoms with Crippen molar-refractivity contribution in [1.82, 2.24) is 9.80 Å². The number of carbonyl (C=O) groups is 2. The van der Waals surface area contributed by atoms with Crippen LogP contribution in [0.4, 0.5) is 13.2 Å². The lowest BCUT2D eigenvalue weighted by Crippen LogP contribution is -2.78. The number of rotatable bonds is 3. The number of methoxy groups -OCH3 is 1. The second-order valence-corrected chi connectivity index (χ2v) is 11.4. The van der Waals surface area contributed by atoms with E-state index in [0.717, 1.165) is 29.8 Å². The highest BCUT2D eigenvalue weighted by molar-refractivity contribution is 5.94. The number of benzene rings is 2. The van der Waals surface area contributed by atoms with Gasteiger partial charge < -0.3 is 19.1 Å². The number of hydrogen-bond donors (Lipinski definition) is 0. The van der Waals surface area contributed by atoms with Gasteiger partial charge in [0.25, 0.3) is 5.91 Å². The Hall–Kier alpha value is -3.71. The first kappa shape index (κ1) is 27.5. The zero-order valence-corrected chi connectivity index (χ0v) is 23.3. The Balaban J connectivity index is 1.38. The molecule has 10 heteroatoms. The summed E-state index contributed by atoms with van der Waals surface area (Å²) in [6, 6.07) is 7.91. The fourth-order valence-corrected chi connectivity index (χ4v) is 7.81. The van der Waals surface area contributed by atoms with Crippen molar-refractivity contribution in [1.29, 1.82) is 0 Å². The zero-order valence-electron chi connectivity index (χ0n) is 23.3. The molecular formula is C31H31F3N2O5. The molecule has 0 radical (unpaired) electrons.